The van der Waals surface area contributed by atoms with Crippen LogP contribution in [0.4, 0.5) is 16.2 Å². The van der Waals surface area contributed by atoms with Crippen molar-refractivity contribution in [1.82, 2.24) is 10.2 Å². The molecule has 2 saturated carbocycles. The summed E-state index contributed by atoms with van der Waals surface area (Å²) in [6.07, 6.45) is -0.0224. The van der Waals surface area contributed by atoms with Crippen LogP contribution in [-0.2, 0) is 30.4 Å². The number of anilines is 2. The number of hydrogen-bond acceptors (Lipinski definition) is 11. The molecule has 0 saturated heterocycles. The third-order valence-corrected chi connectivity index (χ3v) is 8.06. The SMILES string of the molecule is CC(=O)NC(=O)Nc1cc(N(C)C)c2c(c1O)C(=O)C1C(=O)[C@]3(O)C(=O)C(C(N)=O)C(=O)[C@@H](N(C)C)[C@@H]3C[C@@H]1C2. The molecule has 3 aliphatic carbocycles. The van der Waals surface area contributed by atoms with Gasteiger partial charge in [0.15, 0.2) is 34.7 Å². The van der Waals surface area contributed by atoms with E-state index in [4.69, 9.17) is 5.73 Å². The van der Waals surface area contributed by atoms with Crippen molar-refractivity contribution in [3.05, 3.63) is 17.2 Å². The van der Waals surface area contributed by atoms with Crippen molar-refractivity contribution in [2.24, 2.45) is 29.4 Å². The first-order valence-corrected chi connectivity index (χ1v) is 12.5. The molecule has 14 heteroatoms. The van der Waals surface area contributed by atoms with Gasteiger partial charge in [0, 0.05) is 32.6 Å². The number of fused-ring (bicyclic) bond motifs is 3. The first-order chi connectivity index (χ1) is 18.5. The average molecular weight is 558 g/mol. The molecule has 14 nitrogen and oxygen atoms in total. The van der Waals surface area contributed by atoms with Crippen molar-refractivity contribution in [3.8, 4) is 5.75 Å². The number of nitrogens with zero attached hydrogens (tertiary/aromatic N) is 2. The Balaban J connectivity index is 1.86. The lowest BCUT2D eigenvalue weighted by atomic mass is 9.52. The average Bonchev–Trinajstić information content (AvgIpc) is 2.81. The smallest absolute Gasteiger partial charge is 0.325 e. The lowest BCUT2D eigenvalue weighted by Gasteiger charge is -2.52. The predicted molar refractivity (Wildman–Crippen MR) is 139 cm³/mol. The first kappa shape index (κ1) is 28.8. The van der Waals surface area contributed by atoms with E-state index < -0.39 is 82.0 Å². The summed E-state index contributed by atoms with van der Waals surface area (Å²) in [6.45, 7) is 1.11. The van der Waals surface area contributed by atoms with Crippen LogP contribution in [0.5, 0.6) is 5.75 Å². The number of urea groups is 1. The standard InChI is InChI=1S/C26H31N5O9/c1-9(32)28-25(39)29-13-8-14(30(2)3)11-6-10-7-12-18(31(4)5)21(35)17(24(27)38)23(37)26(12,40)22(36)15(10)20(34)16(11)19(13)33/h8,10,12,15,17-18,33,40H,6-7H2,1-5H3,(H2,27,38)(H2,28,29,32,39)/t10-,12-,15?,17?,18-,26-/m0/s1. The summed E-state index contributed by atoms with van der Waals surface area (Å²) in [4.78, 5) is 92.9. The number of aromatic hydroxyl groups is 1. The van der Waals surface area contributed by atoms with E-state index in [0.29, 0.717) is 11.3 Å². The van der Waals surface area contributed by atoms with Crippen molar-refractivity contribution >= 4 is 52.4 Å². The fraction of sp³-hybridized carbons (Fsp3) is 0.500. The zero-order valence-corrected chi connectivity index (χ0v) is 22.6. The van der Waals surface area contributed by atoms with Crippen LogP contribution in [0.3, 0.4) is 0 Å². The molecule has 6 atom stereocenters. The minimum Gasteiger partial charge on any atom is -0.505 e. The van der Waals surface area contributed by atoms with Gasteiger partial charge in [-0.2, -0.15) is 0 Å². The molecule has 1 aromatic carbocycles. The molecule has 0 radical (unpaired) electrons. The van der Waals surface area contributed by atoms with E-state index in [1.165, 1.54) is 25.1 Å². The molecule has 2 unspecified atom stereocenters. The number of phenols is 1. The van der Waals surface area contributed by atoms with E-state index in [2.05, 4.69) is 5.32 Å². The summed E-state index contributed by atoms with van der Waals surface area (Å²) < 4.78 is 0. The van der Waals surface area contributed by atoms with Crippen LogP contribution in [0, 0.1) is 23.7 Å². The minimum absolute atomic E-state index is 0.0623. The van der Waals surface area contributed by atoms with Crippen LogP contribution in [0.25, 0.3) is 0 Å². The van der Waals surface area contributed by atoms with E-state index in [1.54, 1.807) is 19.0 Å². The van der Waals surface area contributed by atoms with Gasteiger partial charge < -0.3 is 26.2 Å². The van der Waals surface area contributed by atoms with Gasteiger partial charge in [0.05, 0.1) is 23.2 Å². The molecule has 214 valence electrons. The number of nitrogens with two attached hydrogens (primary N) is 1. The molecular formula is C26H31N5O9. The Kier molecular flexibility index (Phi) is 7.05. The van der Waals surface area contributed by atoms with Crippen LogP contribution >= 0.6 is 0 Å². The number of phenolic OH excluding ortho intramolecular Hbond substituents is 1. The van der Waals surface area contributed by atoms with Crippen molar-refractivity contribution < 1.29 is 43.8 Å². The summed E-state index contributed by atoms with van der Waals surface area (Å²) >= 11 is 0. The van der Waals surface area contributed by atoms with E-state index in [1.807, 2.05) is 5.32 Å². The maximum Gasteiger partial charge on any atom is 0.325 e. The topological polar surface area (TPSA) is 217 Å². The molecule has 1 aromatic rings. The van der Waals surface area contributed by atoms with E-state index >= 15 is 0 Å². The fourth-order valence-corrected chi connectivity index (χ4v) is 6.46. The zero-order valence-electron chi connectivity index (χ0n) is 22.6. The molecule has 0 aromatic heterocycles. The van der Waals surface area contributed by atoms with Crippen molar-refractivity contribution in [2.75, 3.05) is 38.4 Å². The van der Waals surface area contributed by atoms with Crippen LogP contribution in [-0.4, -0.2) is 95.9 Å². The van der Waals surface area contributed by atoms with Gasteiger partial charge in [0.2, 0.25) is 11.8 Å². The number of aliphatic hydroxyl groups is 1. The number of nitrogens with one attached hydrogen (secondary N) is 2. The van der Waals surface area contributed by atoms with Gasteiger partial charge in [0.25, 0.3) is 0 Å². The summed E-state index contributed by atoms with van der Waals surface area (Å²) in [5.74, 6) is -12.5. The molecule has 0 heterocycles. The van der Waals surface area contributed by atoms with Crippen LogP contribution in [0.15, 0.2) is 6.07 Å². The molecule has 0 bridgehead atoms. The first-order valence-electron chi connectivity index (χ1n) is 12.5. The summed E-state index contributed by atoms with van der Waals surface area (Å²) in [5, 5.41) is 27.0. The number of hydrogen-bond donors (Lipinski definition) is 5. The Morgan fingerprint density at radius 3 is 2.23 bits per heavy atom. The second kappa shape index (κ2) is 9.78. The number of carbonyl (C=O) groups is 7. The Bertz CT molecular complexity index is 1390. The molecule has 6 N–H and O–H groups in total. The van der Waals surface area contributed by atoms with Crippen LogP contribution in [0.2, 0.25) is 0 Å². The summed E-state index contributed by atoms with van der Waals surface area (Å²) in [5.41, 5.74) is 2.79. The number of rotatable bonds is 4. The molecule has 3 aliphatic rings. The number of likely N-dealkylation sites (N-methyl/N-ethyl adjacent to an activating group) is 1. The Morgan fingerprint density at radius 2 is 1.70 bits per heavy atom. The number of benzene rings is 1. The quantitative estimate of drug-likeness (QED) is 0.214. The van der Waals surface area contributed by atoms with Crippen molar-refractivity contribution in [3.63, 3.8) is 0 Å². The highest BCUT2D eigenvalue weighted by molar-refractivity contribution is 6.32. The molecule has 4 amide bonds. The highest BCUT2D eigenvalue weighted by atomic mass is 16.3. The van der Waals surface area contributed by atoms with Gasteiger partial charge in [-0.05, 0) is 44.5 Å². The number of primary amides is 1. The molecule has 2 fully saturated rings. The van der Waals surface area contributed by atoms with Gasteiger partial charge >= 0.3 is 6.03 Å². The number of amides is 4. The maximum absolute atomic E-state index is 13.9. The van der Waals surface area contributed by atoms with Crippen molar-refractivity contribution in [2.45, 2.75) is 31.4 Å². The van der Waals surface area contributed by atoms with Gasteiger partial charge in [-0.3, -0.25) is 39.0 Å². The molecule has 4 rings (SSSR count). The maximum atomic E-state index is 13.9. The highest BCUT2D eigenvalue weighted by Crippen LogP contribution is 2.52. The largest absolute Gasteiger partial charge is 0.505 e. The van der Waals surface area contributed by atoms with Gasteiger partial charge in [-0.25, -0.2) is 4.79 Å². The van der Waals surface area contributed by atoms with Crippen LogP contribution < -0.4 is 21.3 Å². The molecule has 40 heavy (non-hydrogen) atoms. The second-order valence-electron chi connectivity index (χ2n) is 11.0. The Morgan fingerprint density at radius 1 is 1.07 bits per heavy atom. The second-order valence-corrected chi connectivity index (χ2v) is 11.0. The Hall–Kier alpha value is -4.17. The van der Waals surface area contributed by atoms with Gasteiger partial charge in [-0.1, -0.05) is 0 Å². The summed E-state index contributed by atoms with van der Waals surface area (Å²) in [7, 11) is 6.34. The lowest BCUT2D eigenvalue weighted by Crippen LogP contribution is -2.74. The third-order valence-electron chi connectivity index (χ3n) is 8.06. The van der Waals surface area contributed by atoms with E-state index in [9.17, 15) is 43.8 Å². The van der Waals surface area contributed by atoms with Gasteiger partial charge in [0.1, 0.15) is 5.75 Å². The minimum atomic E-state index is -2.84. The molecule has 0 aliphatic heterocycles. The number of Topliss-reactive ketones (excluding diaryl/α,β-unsaturated/α-hetero) is 4. The third kappa shape index (κ3) is 4.14. The summed E-state index contributed by atoms with van der Waals surface area (Å²) in [6, 6.07) is -0.755. The number of imide groups is 1. The highest BCUT2D eigenvalue weighted by Gasteiger charge is 2.69. The predicted octanol–water partition coefficient (Wildman–Crippen LogP) is -1.40. The number of ketones is 4. The van der Waals surface area contributed by atoms with E-state index in [0.717, 1.165) is 6.92 Å². The molecule has 0 spiro atoms. The van der Waals surface area contributed by atoms with Crippen LogP contribution in [0.1, 0.15) is 29.3 Å². The zero-order chi connectivity index (χ0) is 30.0. The van der Waals surface area contributed by atoms with E-state index in [-0.39, 0.29) is 24.1 Å². The molecular weight excluding hydrogens is 526 g/mol. The normalized spacial score (nSPS) is 29.3. The van der Waals surface area contributed by atoms with Crippen molar-refractivity contribution in [1.29, 1.82) is 0 Å². The lowest BCUT2D eigenvalue weighted by molar-refractivity contribution is -0.181. The van der Waals surface area contributed by atoms with Gasteiger partial charge in [-0.15, -0.1) is 0 Å². The number of carbonyl (C=O) groups excluding carboxylic acids is 7. The fourth-order valence-electron chi connectivity index (χ4n) is 6.46. The Labute approximate surface area is 228 Å². The monoisotopic (exact) mass is 557 g/mol.